The SMILES string of the molecule is CC(C)OC(=O)[C@@H](C#N)c1nc2ccccc2nc1N1CCN(Cc2ccc3c(c2)OCO3)CC1. The van der Waals surface area contributed by atoms with Crippen LogP contribution in [0.2, 0.25) is 0 Å². The zero-order chi connectivity index (χ0) is 24.4. The van der Waals surface area contributed by atoms with Gasteiger partial charge in [-0.3, -0.25) is 9.69 Å². The van der Waals surface area contributed by atoms with Gasteiger partial charge in [-0.2, -0.15) is 5.26 Å². The van der Waals surface area contributed by atoms with Gasteiger partial charge in [-0.1, -0.05) is 18.2 Å². The van der Waals surface area contributed by atoms with E-state index in [1.165, 1.54) is 0 Å². The minimum Gasteiger partial charge on any atom is -0.462 e. The maximum Gasteiger partial charge on any atom is 0.329 e. The van der Waals surface area contributed by atoms with Crippen LogP contribution in [-0.4, -0.2) is 59.9 Å². The normalized spacial score (nSPS) is 16.3. The van der Waals surface area contributed by atoms with Crippen LogP contribution >= 0.6 is 0 Å². The molecule has 1 aromatic heterocycles. The molecule has 2 aromatic carbocycles. The Balaban J connectivity index is 1.37. The van der Waals surface area contributed by atoms with E-state index in [4.69, 9.17) is 24.2 Å². The molecule has 1 atom stereocenters. The summed E-state index contributed by atoms with van der Waals surface area (Å²) in [5.74, 6) is 0.390. The Morgan fingerprint density at radius 3 is 2.49 bits per heavy atom. The number of rotatable bonds is 6. The third-order valence-electron chi connectivity index (χ3n) is 6.08. The van der Waals surface area contributed by atoms with Crippen molar-refractivity contribution in [1.29, 1.82) is 5.26 Å². The van der Waals surface area contributed by atoms with Gasteiger partial charge < -0.3 is 19.1 Å². The van der Waals surface area contributed by atoms with Crippen LogP contribution in [0.1, 0.15) is 31.0 Å². The Bertz CT molecular complexity index is 1280. The highest BCUT2D eigenvalue weighted by Gasteiger charge is 2.31. The fourth-order valence-electron chi connectivity index (χ4n) is 4.37. The second-order valence-corrected chi connectivity index (χ2v) is 8.92. The highest BCUT2D eigenvalue weighted by atomic mass is 16.7. The highest BCUT2D eigenvalue weighted by Crippen LogP contribution is 2.33. The number of fused-ring (bicyclic) bond motifs is 2. The van der Waals surface area contributed by atoms with Crippen molar-refractivity contribution in [2.45, 2.75) is 32.4 Å². The predicted octanol–water partition coefficient (Wildman–Crippen LogP) is 3.24. The minimum absolute atomic E-state index is 0.265. The van der Waals surface area contributed by atoms with E-state index in [-0.39, 0.29) is 12.9 Å². The fraction of sp³-hybridized carbons (Fsp3) is 0.385. The van der Waals surface area contributed by atoms with Crippen molar-refractivity contribution < 1.29 is 19.0 Å². The molecule has 0 radical (unpaired) electrons. The molecule has 0 bridgehead atoms. The molecule has 0 aliphatic carbocycles. The van der Waals surface area contributed by atoms with Crippen LogP contribution in [0.3, 0.4) is 0 Å². The molecule has 1 saturated heterocycles. The number of anilines is 1. The summed E-state index contributed by atoms with van der Waals surface area (Å²) in [4.78, 5) is 26.7. The zero-order valence-electron chi connectivity index (χ0n) is 19.8. The first-order valence-corrected chi connectivity index (χ1v) is 11.7. The number of nitrogens with zero attached hydrogens (tertiary/aromatic N) is 5. The van der Waals surface area contributed by atoms with Gasteiger partial charge >= 0.3 is 5.97 Å². The lowest BCUT2D eigenvalue weighted by atomic mass is 10.1. The number of hydrogen-bond acceptors (Lipinski definition) is 9. The number of piperazine rings is 1. The summed E-state index contributed by atoms with van der Waals surface area (Å²) >= 11 is 0. The average molecular weight is 474 g/mol. The lowest BCUT2D eigenvalue weighted by molar-refractivity contribution is -0.147. The summed E-state index contributed by atoms with van der Waals surface area (Å²) in [7, 11) is 0. The van der Waals surface area contributed by atoms with Crippen LogP contribution < -0.4 is 14.4 Å². The Morgan fingerprint density at radius 2 is 1.77 bits per heavy atom. The third kappa shape index (κ3) is 4.84. The summed E-state index contributed by atoms with van der Waals surface area (Å²) in [5, 5.41) is 9.87. The molecule has 2 aliphatic rings. The Labute approximate surface area is 203 Å². The number of esters is 1. The third-order valence-corrected chi connectivity index (χ3v) is 6.08. The summed E-state index contributed by atoms with van der Waals surface area (Å²) in [6.45, 7) is 7.58. The lowest BCUT2D eigenvalue weighted by Gasteiger charge is -2.36. The van der Waals surface area contributed by atoms with E-state index in [9.17, 15) is 10.1 Å². The molecule has 3 heterocycles. The Hall–Kier alpha value is -3.90. The minimum atomic E-state index is -1.14. The van der Waals surface area contributed by atoms with Crippen molar-refractivity contribution in [3.63, 3.8) is 0 Å². The molecule has 3 aromatic rings. The quantitative estimate of drug-likeness (QED) is 0.499. The van der Waals surface area contributed by atoms with Crippen molar-refractivity contribution in [3.05, 3.63) is 53.7 Å². The van der Waals surface area contributed by atoms with Crippen LogP contribution in [-0.2, 0) is 16.1 Å². The molecule has 2 aliphatic heterocycles. The summed E-state index contributed by atoms with van der Waals surface area (Å²) < 4.78 is 16.3. The van der Waals surface area contributed by atoms with Gasteiger partial charge in [0.25, 0.3) is 0 Å². The molecule has 35 heavy (non-hydrogen) atoms. The number of carbonyl (C=O) groups is 1. The number of para-hydroxylation sites is 2. The van der Waals surface area contributed by atoms with Gasteiger partial charge in [0.1, 0.15) is 5.69 Å². The zero-order valence-corrected chi connectivity index (χ0v) is 19.8. The summed E-state index contributed by atoms with van der Waals surface area (Å²) in [6, 6.07) is 15.6. The topological polar surface area (TPSA) is 101 Å². The largest absolute Gasteiger partial charge is 0.462 e. The monoisotopic (exact) mass is 473 g/mol. The first kappa shape index (κ1) is 22.9. The smallest absolute Gasteiger partial charge is 0.329 e. The van der Waals surface area contributed by atoms with Crippen molar-refractivity contribution in [2.75, 3.05) is 37.9 Å². The van der Waals surface area contributed by atoms with Crippen LogP contribution in [0.25, 0.3) is 11.0 Å². The Kier molecular flexibility index (Phi) is 6.38. The van der Waals surface area contributed by atoms with Gasteiger partial charge in [0.05, 0.1) is 23.2 Å². The summed E-state index contributed by atoms with van der Waals surface area (Å²) in [6.07, 6.45) is -0.324. The van der Waals surface area contributed by atoms with E-state index >= 15 is 0 Å². The van der Waals surface area contributed by atoms with E-state index in [2.05, 4.69) is 21.9 Å². The molecule has 0 spiro atoms. The van der Waals surface area contributed by atoms with Crippen LogP contribution in [0, 0.1) is 11.3 Å². The van der Waals surface area contributed by atoms with Gasteiger partial charge in [0.2, 0.25) is 6.79 Å². The molecule has 0 N–H and O–H groups in total. The molecular formula is C26H27N5O4. The number of hydrogen-bond donors (Lipinski definition) is 0. The van der Waals surface area contributed by atoms with Crippen molar-refractivity contribution >= 4 is 22.8 Å². The van der Waals surface area contributed by atoms with Gasteiger partial charge in [-0.05, 0) is 43.7 Å². The van der Waals surface area contributed by atoms with E-state index in [1.54, 1.807) is 13.8 Å². The van der Waals surface area contributed by atoms with Gasteiger partial charge in [0.15, 0.2) is 23.2 Å². The van der Waals surface area contributed by atoms with Crippen molar-refractivity contribution in [1.82, 2.24) is 14.9 Å². The van der Waals surface area contributed by atoms with E-state index in [0.717, 1.165) is 42.2 Å². The fourth-order valence-corrected chi connectivity index (χ4v) is 4.37. The second-order valence-electron chi connectivity index (χ2n) is 8.92. The standard InChI is InChI=1S/C26H27N5O4/c1-17(2)35-26(32)19(14-27)24-25(29-21-6-4-3-5-20(21)28-24)31-11-9-30(10-12-31)15-18-7-8-22-23(13-18)34-16-33-22/h3-8,13,17,19H,9-12,15-16H2,1-2H3/t19-/m0/s1. The van der Waals surface area contributed by atoms with E-state index in [1.807, 2.05) is 36.4 Å². The molecule has 0 unspecified atom stereocenters. The van der Waals surface area contributed by atoms with E-state index < -0.39 is 11.9 Å². The number of ether oxygens (including phenoxy) is 3. The molecular weight excluding hydrogens is 446 g/mol. The molecule has 5 rings (SSSR count). The van der Waals surface area contributed by atoms with Crippen LogP contribution in [0.5, 0.6) is 11.5 Å². The molecule has 180 valence electrons. The molecule has 9 nitrogen and oxygen atoms in total. The predicted molar refractivity (Wildman–Crippen MR) is 129 cm³/mol. The maximum atomic E-state index is 12.7. The van der Waals surface area contributed by atoms with Crippen molar-refractivity contribution in [2.24, 2.45) is 0 Å². The highest BCUT2D eigenvalue weighted by molar-refractivity contribution is 5.85. The van der Waals surface area contributed by atoms with Gasteiger partial charge in [-0.25, -0.2) is 9.97 Å². The lowest BCUT2D eigenvalue weighted by Crippen LogP contribution is -2.46. The first-order valence-electron chi connectivity index (χ1n) is 11.7. The number of benzene rings is 2. The number of carbonyl (C=O) groups excluding carboxylic acids is 1. The molecule has 0 amide bonds. The van der Waals surface area contributed by atoms with E-state index in [0.29, 0.717) is 30.1 Å². The van der Waals surface area contributed by atoms with Gasteiger partial charge in [0, 0.05) is 32.7 Å². The van der Waals surface area contributed by atoms with Crippen molar-refractivity contribution in [3.8, 4) is 17.6 Å². The average Bonchev–Trinajstić information content (AvgIpc) is 3.32. The number of nitriles is 1. The number of aromatic nitrogens is 2. The second kappa shape index (κ2) is 9.76. The van der Waals surface area contributed by atoms with Crippen LogP contribution in [0.15, 0.2) is 42.5 Å². The summed E-state index contributed by atoms with van der Waals surface area (Å²) in [5.41, 5.74) is 2.88. The Morgan fingerprint density at radius 1 is 1.06 bits per heavy atom. The van der Waals surface area contributed by atoms with Crippen LogP contribution in [0.4, 0.5) is 5.82 Å². The molecule has 1 fully saturated rings. The maximum absolute atomic E-state index is 12.7. The van der Waals surface area contributed by atoms with Gasteiger partial charge in [-0.15, -0.1) is 0 Å². The molecule has 9 heteroatoms. The molecule has 0 saturated carbocycles. The first-order chi connectivity index (χ1) is 17.0.